The lowest BCUT2D eigenvalue weighted by molar-refractivity contribution is 0.265. The molecule has 0 spiro atoms. The largest absolute Gasteiger partial charge is 0.870 e. The van der Waals surface area contributed by atoms with Crippen LogP contribution in [0.4, 0.5) is 5.69 Å². The van der Waals surface area contributed by atoms with Gasteiger partial charge >= 0.3 is 0 Å². The van der Waals surface area contributed by atoms with Crippen LogP contribution in [0.2, 0.25) is 0 Å². The third-order valence-corrected chi connectivity index (χ3v) is 5.55. The molecule has 0 bridgehead atoms. The van der Waals surface area contributed by atoms with Crippen LogP contribution < -0.4 is 4.48 Å². The molecule has 0 aliphatic heterocycles. The average molecular weight is 364 g/mol. The van der Waals surface area contributed by atoms with Crippen LogP contribution in [0.5, 0.6) is 0 Å². The van der Waals surface area contributed by atoms with Gasteiger partial charge in [0.05, 0.1) is 19.6 Å². The van der Waals surface area contributed by atoms with Crippen LogP contribution in [0.15, 0.2) is 30.3 Å². The molecule has 0 aromatic heterocycles. The minimum Gasteiger partial charge on any atom is -0.870 e. The van der Waals surface area contributed by atoms with Gasteiger partial charge in [-0.1, -0.05) is 90.3 Å². The molecule has 0 unspecified atom stereocenters. The van der Waals surface area contributed by atoms with E-state index < -0.39 is 0 Å². The highest BCUT2D eigenvalue weighted by molar-refractivity contribution is 5.42. The second-order valence-electron chi connectivity index (χ2n) is 7.83. The van der Waals surface area contributed by atoms with Crippen LogP contribution in [0, 0.1) is 0 Å². The Labute approximate surface area is 163 Å². The van der Waals surface area contributed by atoms with E-state index in [1.165, 1.54) is 107 Å². The summed E-state index contributed by atoms with van der Waals surface area (Å²) in [5, 5.41) is 0. The smallest absolute Gasteiger partial charge is 0.132 e. The predicted molar refractivity (Wildman–Crippen MR) is 117 cm³/mol. The van der Waals surface area contributed by atoms with E-state index in [-0.39, 0.29) is 5.48 Å². The van der Waals surface area contributed by atoms with Crippen LogP contribution in [0.1, 0.15) is 97.8 Å². The average Bonchev–Trinajstić information content (AvgIpc) is 2.64. The Morgan fingerprint density at radius 2 is 1.00 bits per heavy atom. The fourth-order valence-corrected chi connectivity index (χ4v) is 4.22. The number of hydrogen-bond donors (Lipinski definition) is 0. The van der Waals surface area contributed by atoms with E-state index in [4.69, 9.17) is 0 Å². The zero-order valence-electron chi connectivity index (χ0n) is 17.9. The zero-order valence-corrected chi connectivity index (χ0v) is 17.9. The first kappa shape index (κ1) is 25.1. The van der Waals surface area contributed by atoms with Crippen molar-refractivity contribution in [2.45, 2.75) is 97.8 Å². The molecule has 1 rings (SSSR count). The maximum absolute atomic E-state index is 2.35. The fourth-order valence-electron chi connectivity index (χ4n) is 4.22. The van der Waals surface area contributed by atoms with Crippen molar-refractivity contribution in [3.63, 3.8) is 0 Å². The first-order valence-corrected chi connectivity index (χ1v) is 11.2. The number of hydrogen-bond acceptors (Lipinski definition) is 1. The number of rotatable bonds is 16. The Bertz CT molecular complexity index is 398. The maximum Gasteiger partial charge on any atom is 0.132 e. The normalized spacial score (nSPS) is 11.3. The fraction of sp³-hybridized carbons (Fsp3) is 0.750. The van der Waals surface area contributed by atoms with Crippen molar-refractivity contribution in [2.75, 3.05) is 19.6 Å². The Balaban J connectivity index is 0.00000625. The summed E-state index contributed by atoms with van der Waals surface area (Å²) in [6, 6.07) is 11.3. The first-order valence-electron chi connectivity index (χ1n) is 11.2. The molecule has 2 nitrogen and oxygen atoms in total. The van der Waals surface area contributed by atoms with Crippen molar-refractivity contribution in [1.29, 1.82) is 0 Å². The molecule has 0 heterocycles. The predicted octanol–water partition coefficient (Wildman–Crippen LogP) is 7.56. The van der Waals surface area contributed by atoms with E-state index in [1.807, 2.05) is 0 Å². The Morgan fingerprint density at radius 1 is 0.538 bits per heavy atom. The molecule has 0 atom stereocenters. The van der Waals surface area contributed by atoms with E-state index in [9.17, 15) is 0 Å². The summed E-state index contributed by atoms with van der Waals surface area (Å²) in [6.45, 7) is 10.9. The van der Waals surface area contributed by atoms with Crippen molar-refractivity contribution in [2.24, 2.45) is 0 Å². The molecule has 0 radical (unpaired) electrons. The highest BCUT2D eigenvalue weighted by Crippen LogP contribution is 2.25. The molecule has 0 saturated heterocycles. The molecule has 1 aromatic carbocycles. The van der Waals surface area contributed by atoms with Crippen molar-refractivity contribution in [3.05, 3.63) is 30.3 Å². The van der Waals surface area contributed by atoms with E-state index >= 15 is 0 Å². The summed E-state index contributed by atoms with van der Waals surface area (Å²) >= 11 is 0. The van der Waals surface area contributed by atoms with E-state index in [1.54, 1.807) is 0 Å². The number of para-hydroxylation sites is 1. The summed E-state index contributed by atoms with van der Waals surface area (Å²) in [6.07, 6.45) is 16.8. The van der Waals surface area contributed by atoms with Crippen LogP contribution in [-0.2, 0) is 0 Å². The highest BCUT2D eigenvalue weighted by Gasteiger charge is 2.27. The molecule has 1 N–H and O–H groups in total. The molecule has 0 aliphatic rings. The quantitative estimate of drug-likeness (QED) is 0.220. The molecule has 26 heavy (non-hydrogen) atoms. The van der Waals surface area contributed by atoms with Crippen molar-refractivity contribution in [3.8, 4) is 0 Å². The lowest BCUT2D eigenvalue weighted by Gasteiger charge is -2.38. The second kappa shape index (κ2) is 16.3. The van der Waals surface area contributed by atoms with Crippen LogP contribution >= 0.6 is 0 Å². The molecule has 0 fully saturated rings. The minimum absolute atomic E-state index is 0. The lowest BCUT2D eigenvalue weighted by atomic mass is 10.1. The Hall–Kier alpha value is -0.860. The van der Waals surface area contributed by atoms with E-state index in [0.29, 0.717) is 0 Å². The van der Waals surface area contributed by atoms with Gasteiger partial charge in [0.25, 0.3) is 0 Å². The Kier molecular flexibility index (Phi) is 15.8. The molecule has 2 heteroatoms. The standard InChI is InChI=1S/C24H44N.H2O/c1-4-7-8-9-10-11-12-13-14-18-23-25(21-5-2,22-6-3)24-19-16-15-17-20-24;/h15-17,19-20H,4-14,18,21-23H2,1-3H3;1H2/q+1;/p-1. The second-order valence-corrected chi connectivity index (χ2v) is 7.83. The maximum atomic E-state index is 2.35. The number of quaternary nitrogens is 1. The molecule has 152 valence electrons. The molecule has 0 aliphatic carbocycles. The summed E-state index contributed by atoms with van der Waals surface area (Å²) in [5.41, 5.74) is 1.53. The van der Waals surface area contributed by atoms with Gasteiger partial charge < -0.3 is 5.48 Å². The van der Waals surface area contributed by atoms with Crippen LogP contribution in [0.3, 0.4) is 0 Å². The van der Waals surface area contributed by atoms with Crippen molar-refractivity contribution >= 4 is 5.69 Å². The summed E-state index contributed by atoms with van der Waals surface area (Å²) in [5.74, 6) is 0. The van der Waals surface area contributed by atoms with E-state index in [2.05, 4.69) is 51.1 Å². The number of nitrogens with zero attached hydrogens (tertiary/aromatic N) is 1. The van der Waals surface area contributed by atoms with Gasteiger partial charge in [-0.2, -0.15) is 0 Å². The third-order valence-electron chi connectivity index (χ3n) is 5.55. The molecule has 0 saturated carbocycles. The number of unbranched alkanes of at least 4 members (excludes halogenated alkanes) is 9. The van der Waals surface area contributed by atoms with Gasteiger partial charge in [0, 0.05) is 0 Å². The molecular weight excluding hydrogens is 318 g/mol. The van der Waals surface area contributed by atoms with Crippen LogP contribution in [0.25, 0.3) is 0 Å². The van der Waals surface area contributed by atoms with Crippen LogP contribution in [-0.4, -0.2) is 25.1 Å². The van der Waals surface area contributed by atoms with Crippen molar-refractivity contribution in [1.82, 2.24) is 4.48 Å². The van der Waals surface area contributed by atoms with Gasteiger partial charge in [0.15, 0.2) is 0 Å². The zero-order chi connectivity index (χ0) is 18.2. The minimum atomic E-state index is 0. The monoisotopic (exact) mass is 363 g/mol. The van der Waals surface area contributed by atoms with Gasteiger partial charge in [-0.3, -0.25) is 4.48 Å². The first-order chi connectivity index (χ1) is 12.3. The van der Waals surface area contributed by atoms with Crippen molar-refractivity contribution < 1.29 is 5.48 Å². The van der Waals surface area contributed by atoms with Gasteiger partial charge in [-0.15, -0.1) is 0 Å². The summed E-state index contributed by atoms with van der Waals surface area (Å²) < 4.78 is 1.20. The third kappa shape index (κ3) is 9.73. The van der Waals surface area contributed by atoms with E-state index in [0.717, 1.165) is 0 Å². The summed E-state index contributed by atoms with van der Waals surface area (Å²) in [7, 11) is 0. The van der Waals surface area contributed by atoms with Gasteiger partial charge in [-0.05, 0) is 37.8 Å². The lowest BCUT2D eigenvalue weighted by Crippen LogP contribution is -2.51. The van der Waals surface area contributed by atoms with Gasteiger partial charge in [0.2, 0.25) is 0 Å². The highest BCUT2D eigenvalue weighted by atomic mass is 16.0. The topological polar surface area (TPSA) is 30.0 Å². The number of benzene rings is 1. The summed E-state index contributed by atoms with van der Waals surface area (Å²) in [4.78, 5) is 0. The molecule has 1 aromatic rings. The SMILES string of the molecule is CCCCCCCCCCCC[N+](CCC)(CCC)c1ccccc1.[OH-]. The van der Waals surface area contributed by atoms with Gasteiger partial charge in [0.1, 0.15) is 5.69 Å². The van der Waals surface area contributed by atoms with Gasteiger partial charge in [-0.25, -0.2) is 0 Å². The molecular formula is C24H45NO. The Morgan fingerprint density at radius 3 is 1.46 bits per heavy atom. The molecule has 0 amide bonds.